The molecule has 0 rings (SSSR count). The average molecular weight is 717 g/mol. The third-order valence-electron chi connectivity index (χ3n) is 7.75. The van der Waals surface area contributed by atoms with Crippen LogP contribution in [0.25, 0.3) is 0 Å². The van der Waals surface area contributed by atoms with Gasteiger partial charge in [0.1, 0.15) is 6.61 Å². The molecule has 0 fully saturated rings. The van der Waals surface area contributed by atoms with Crippen LogP contribution < -0.4 is 0 Å². The molecule has 0 aliphatic carbocycles. The first-order chi connectivity index (χ1) is 25.6. The Hall–Kier alpha value is -3.70. The van der Waals surface area contributed by atoms with Gasteiger partial charge in [-0.1, -0.05) is 161 Å². The van der Waals surface area contributed by atoms with Crippen LogP contribution in [0.1, 0.15) is 142 Å². The summed E-state index contributed by atoms with van der Waals surface area (Å²) in [4.78, 5) is 24.2. The molecule has 5 heteroatoms. The SMILES string of the molecule is CCCCCC=CCC=CCC=CCC=CCC=CCCC(=O)OCC(CO)OC(=O)CCC=CCC=CCC=CCC=CCC=CCCCCC. The van der Waals surface area contributed by atoms with Crippen molar-refractivity contribution in [1.29, 1.82) is 0 Å². The fourth-order valence-corrected chi connectivity index (χ4v) is 4.69. The first-order valence-electron chi connectivity index (χ1n) is 20.1. The van der Waals surface area contributed by atoms with Crippen LogP contribution in [0.3, 0.4) is 0 Å². The van der Waals surface area contributed by atoms with Crippen LogP contribution in [0.15, 0.2) is 122 Å². The van der Waals surface area contributed by atoms with Crippen molar-refractivity contribution in [3.63, 3.8) is 0 Å². The second kappa shape index (κ2) is 41.7. The standard InChI is InChI=1S/C47H72O5/c1-3-5-7-9-11-13-15-17-19-21-23-25-27-29-31-33-35-37-39-41-46(49)51-44-45(43-48)52-47(50)42-40-38-36-34-32-30-28-26-24-22-20-18-16-14-12-10-8-6-4-2/h11-14,17-20,23-26,29-32,35-38,45,48H,3-10,15-16,21-22,27-28,33-34,39-44H2,1-2H3. The molecule has 0 aromatic rings. The van der Waals surface area contributed by atoms with E-state index in [1.807, 2.05) is 24.3 Å². The number of hydrogen-bond acceptors (Lipinski definition) is 5. The molecular weight excluding hydrogens is 645 g/mol. The lowest BCUT2D eigenvalue weighted by Crippen LogP contribution is -2.28. The number of esters is 2. The maximum Gasteiger partial charge on any atom is 0.306 e. The topological polar surface area (TPSA) is 72.8 Å². The number of unbranched alkanes of at least 4 members (excludes halogenated alkanes) is 6. The van der Waals surface area contributed by atoms with E-state index < -0.39 is 18.7 Å². The second-order valence-corrected chi connectivity index (χ2v) is 12.6. The molecule has 52 heavy (non-hydrogen) atoms. The Labute approximate surface area is 318 Å². The van der Waals surface area contributed by atoms with Crippen molar-refractivity contribution in [3.8, 4) is 0 Å². The van der Waals surface area contributed by atoms with E-state index in [2.05, 4.69) is 111 Å². The minimum absolute atomic E-state index is 0.144. The molecule has 1 atom stereocenters. The summed E-state index contributed by atoms with van der Waals surface area (Å²) in [7, 11) is 0. The highest BCUT2D eigenvalue weighted by Gasteiger charge is 2.15. The van der Waals surface area contributed by atoms with Crippen molar-refractivity contribution >= 4 is 11.9 Å². The minimum atomic E-state index is -0.850. The van der Waals surface area contributed by atoms with E-state index in [9.17, 15) is 14.7 Å². The molecule has 0 aliphatic rings. The van der Waals surface area contributed by atoms with Gasteiger partial charge in [-0.15, -0.1) is 0 Å². The monoisotopic (exact) mass is 717 g/mol. The lowest BCUT2D eigenvalue weighted by atomic mass is 10.2. The summed E-state index contributed by atoms with van der Waals surface area (Å²) in [5.74, 6) is -0.797. The van der Waals surface area contributed by atoms with Gasteiger partial charge in [0.2, 0.25) is 0 Å². The summed E-state index contributed by atoms with van der Waals surface area (Å²) in [5.41, 5.74) is 0. The van der Waals surface area contributed by atoms with Crippen molar-refractivity contribution in [1.82, 2.24) is 0 Å². The van der Waals surface area contributed by atoms with Crippen molar-refractivity contribution < 1.29 is 24.2 Å². The van der Waals surface area contributed by atoms with Crippen LogP contribution in [-0.4, -0.2) is 36.4 Å². The minimum Gasteiger partial charge on any atom is -0.462 e. The molecule has 0 radical (unpaired) electrons. The third-order valence-corrected chi connectivity index (χ3v) is 7.75. The summed E-state index contributed by atoms with van der Waals surface area (Å²) in [5, 5.41) is 9.54. The Morgan fingerprint density at radius 2 is 0.750 bits per heavy atom. The van der Waals surface area contributed by atoms with Gasteiger partial charge in [0.05, 0.1) is 6.61 Å². The zero-order valence-electron chi connectivity index (χ0n) is 32.8. The Morgan fingerprint density at radius 1 is 0.442 bits per heavy atom. The number of carbonyl (C=O) groups excluding carboxylic acids is 2. The maximum atomic E-state index is 12.1. The van der Waals surface area contributed by atoms with Gasteiger partial charge in [0.25, 0.3) is 0 Å². The largest absolute Gasteiger partial charge is 0.462 e. The van der Waals surface area contributed by atoms with Crippen LogP contribution in [0.4, 0.5) is 0 Å². The van der Waals surface area contributed by atoms with Gasteiger partial charge in [-0.2, -0.15) is 0 Å². The number of ether oxygens (including phenoxy) is 2. The molecular formula is C47H72O5. The van der Waals surface area contributed by atoms with E-state index in [4.69, 9.17) is 9.47 Å². The van der Waals surface area contributed by atoms with Crippen molar-refractivity contribution in [2.75, 3.05) is 13.2 Å². The molecule has 0 aromatic carbocycles. The van der Waals surface area contributed by atoms with Crippen molar-refractivity contribution in [3.05, 3.63) is 122 Å². The summed E-state index contributed by atoms with van der Waals surface area (Å²) in [6, 6.07) is 0. The van der Waals surface area contributed by atoms with Crippen molar-refractivity contribution in [2.45, 2.75) is 148 Å². The van der Waals surface area contributed by atoms with Gasteiger partial charge in [0.15, 0.2) is 6.10 Å². The highest BCUT2D eigenvalue weighted by atomic mass is 16.6. The van der Waals surface area contributed by atoms with Gasteiger partial charge in [0, 0.05) is 12.8 Å². The number of aliphatic hydroxyl groups excluding tert-OH is 1. The van der Waals surface area contributed by atoms with Crippen LogP contribution in [0.5, 0.6) is 0 Å². The third kappa shape index (κ3) is 39.1. The van der Waals surface area contributed by atoms with Gasteiger partial charge < -0.3 is 14.6 Å². The van der Waals surface area contributed by atoms with Crippen LogP contribution in [0.2, 0.25) is 0 Å². The lowest BCUT2D eigenvalue weighted by Gasteiger charge is -2.15. The van der Waals surface area contributed by atoms with Gasteiger partial charge >= 0.3 is 11.9 Å². The second-order valence-electron chi connectivity index (χ2n) is 12.6. The zero-order chi connectivity index (χ0) is 37.8. The van der Waals surface area contributed by atoms with E-state index in [0.717, 1.165) is 51.4 Å². The van der Waals surface area contributed by atoms with Crippen molar-refractivity contribution in [2.24, 2.45) is 0 Å². The van der Waals surface area contributed by atoms with E-state index in [0.29, 0.717) is 12.8 Å². The van der Waals surface area contributed by atoms with Gasteiger partial charge in [-0.05, 0) is 89.9 Å². The highest BCUT2D eigenvalue weighted by Crippen LogP contribution is 2.05. The molecule has 5 nitrogen and oxygen atoms in total. The zero-order valence-corrected chi connectivity index (χ0v) is 32.8. The quantitative estimate of drug-likeness (QED) is 0.0408. The normalized spacial score (nSPS) is 13.5. The number of allylic oxidation sites excluding steroid dienone is 20. The van der Waals surface area contributed by atoms with E-state index in [1.165, 1.54) is 51.4 Å². The summed E-state index contributed by atoms with van der Waals surface area (Å²) >= 11 is 0. The average Bonchev–Trinajstić information content (AvgIpc) is 3.15. The molecule has 0 spiro atoms. The molecule has 0 amide bonds. The molecule has 0 heterocycles. The van der Waals surface area contributed by atoms with E-state index in [-0.39, 0.29) is 25.4 Å². The Kier molecular flexibility index (Phi) is 38.8. The Morgan fingerprint density at radius 3 is 1.08 bits per heavy atom. The predicted octanol–water partition coefficient (Wildman–Crippen LogP) is 12.8. The molecule has 1 N–H and O–H groups in total. The first-order valence-corrected chi connectivity index (χ1v) is 20.1. The molecule has 0 bridgehead atoms. The Balaban J connectivity index is 3.85. The highest BCUT2D eigenvalue weighted by molar-refractivity contribution is 5.70. The first kappa shape index (κ1) is 48.3. The smallest absolute Gasteiger partial charge is 0.306 e. The molecule has 0 saturated carbocycles. The predicted molar refractivity (Wildman–Crippen MR) is 223 cm³/mol. The number of aliphatic hydroxyl groups is 1. The lowest BCUT2D eigenvalue weighted by molar-refractivity contribution is -0.161. The fraction of sp³-hybridized carbons (Fsp3) is 0.532. The summed E-state index contributed by atoms with van der Waals surface area (Å²) in [6.07, 6.45) is 61.3. The van der Waals surface area contributed by atoms with Gasteiger partial charge in [-0.3, -0.25) is 9.59 Å². The van der Waals surface area contributed by atoms with Gasteiger partial charge in [-0.25, -0.2) is 0 Å². The number of carbonyl (C=O) groups is 2. The molecule has 1 unspecified atom stereocenters. The van der Waals surface area contributed by atoms with E-state index in [1.54, 1.807) is 0 Å². The molecule has 0 aromatic heterocycles. The summed E-state index contributed by atoms with van der Waals surface area (Å²) < 4.78 is 10.5. The fourth-order valence-electron chi connectivity index (χ4n) is 4.69. The summed E-state index contributed by atoms with van der Waals surface area (Å²) in [6.45, 7) is 3.93. The number of rotatable bonds is 34. The molecule has 290 valence electrons. The molecule has 0 aliphatic heterocycles. The van der Waals surface area contributed by atoms with Crippen LogP contribution in [0, 0.1) is 0 Å². The molecule has 0 saturated heterocycles. The Bertz CT molecular complexity index is 1130. The number of hydrogen-bond donors (Lipinski definition) is 1. The van der Waals surface area contributed by atoms with E-state index >= 15 is 0 Å². The maximum absolute atomic E-state index is 12.1. The van der Waals surface area contributed by atoms with Crippen LogP contribution in [-0.2, 0) is 19.1 Å². The van der Waals surface area contributed by atoms with Crippen LogP contribution >= 0.6 is 0 Å².